The number of hydrogen-bond acceptors (Lipinski definition) is 4. The van der Waals surface area contributed by atoms with Crippen LogP contribution in [0.25, 0.3) is 0 Å². The molecule has 3 aromatic rings. The third-order valence-corrected chi connectivity index (χ3v) is 8.10. The topological polar surface area (TPSA) is 86.8 Å². The van der Waals surface area contributed by atoms with Crippen molar-refractivity contribution in [2.45, 2.75) is 38.8 Å². The van der Waals surface area contributed by atoms with E-state index in [9.17, 15) is 18.0 Å². The lowest BCUT2D eigenvalue weighted by atomic mass is 10.0. The van der Waals surface area contributed by atoms with Crippen LogP contribution in [0.5, 0.6) is 0 Å². The molecule has 0 fully saturated rings. The van der Waals surface area contributed by atoms with Gasteiger partial charge in [-0.2, -0.15) is 0 Å². The fourth-order valence-corrected chi connectivity index (χ4v) is 5.77. The second kappa shape index (κ2) is 13.8. The van der Waals surface area contributed by atoms with Crippen molar-refractivity contribution in [1.82, 2.24) is 10.2 Å². The molecule has 0 saturated carbocycles. The van der Waals surface area contributed by atoms with Crippen LogP contribution in [0.2, 0.25) is 10.0 Å². The second-order valence-corrected chi connectivity index (χ2v) is 12.1. The van der Waals surface area contributed by atoms with Gasteiger partial charge in [0.25, 0.3) is 0 Å². The standard InChI is InChI=1S/C29H33Cl2N3O4S/c1-21-9-7-12-25(17-21)34(39(3,37)38)16-8-13-28(35)33(20-23-14-15-24(30)19-26(23)31)27(29(36)32-2)18-22-10-5-4-6-11-22/h4-7,9-12,14-15,17,19,27H,8,13,16,18,20H2,1-3H3,(H,32,36). The number of rotatable bonds is 12. The molecule has 3 rings (SSSR count). The first kappa shape index (κ1) is 30.5. The summed E-state index contributed by atoms with van der Waals surface area (Å²) in [6.07, 6.45) is 1.74. The van der Waals surface area contributed by atoms with Crippen LogP contribution < -0.4 is 9.62 Å². The fraction of sp³-hybridized carbons (Fsp3) is 0.310. The zero-order valence-electron chi connectivity index (χ0n) is 22.2. The lowest BCUT2D eigenvalue weighted by Crippen LogP contribution is -2.49. The summed E-state index contributed by atoms with van der Waals surface area (Å²) in [6, 6.07) is 20.9. The Morgan fingerprint density at radius 3 is 2.31 bits per heavy atom. The lowest BCUT2D eigenvalue weighted by molar-refractivity contribution is -0.141. The summed E-state index contributed by atoms with van der Waals surface area (Å²) >= 11 is 12.5. The molecule has 2 amide bonds. The molecule has 0 aliphatic heterocycles. The molecular weight excluding hydrogens is 557 g/mol. The van der Waals surface area contributed by atoms with E-state index < -0.39 is 16.1 Å². The summed E-state index contributed by atoms with van der Waals surface area (Å²) in [5.74, 6) is -0.599. The maximum Gasteiger partial charge on any atom is 0.242 e. The first-order chi connectivity index (χ1) is 18.5. The van der Waals surface area contributed by atoms with Crippen molar-refractivity contribution in [1.29, 1.82) is 0 Å². The molecule has 208 valence electrons. The van der Waals surface area contributed by atoms with Crippen LogP contribution in [0, 0.1) is 6.92 Å². The van der Waals surface area contributed by atoms with Crippen molar-refractivity contribution in [3.05, 3.63) is 99.5 Å². The Morgan fingerprint density at radius 2 is 1.69 bits per heavy atom. The smallest absolute Gasteiger partial charge is 0.242 e. The molecule has 1 unspecified atom stereocenters. The van der Waals surface area contributed by atoms with E-state index in [2.05, 4.69) is 5.32 Å². The van der Waals surface area contributed by atoms with Gasteiger partial charge >= 0.3 is 0 Å². The quantitative estimate of drug-likeness (QED) is 0.313. The van der Waals surface area contributed by atoms with Gasteiger partial charge in [0.15, 0.2) is 0 Å². The monoisotopic (exact) mass is 589 g/mol. The minimum Gasteiger partial charge on any atom is -0.357 e. The Hall–Kier alpha value is -3.07. The van der Waals surface area contributed by atoms with Crippen molar-refractivity contribution in [2.24, 2.45) is 0 Å². The van der Waals surface area contributed by atoms with Gasteiger partial charge < -0.3 is 10.2 Å². The van der Waals surface area contributed by atoms with Crippen LogP contribution in [0.3, 0.4) is 0 Å². The van der Waals surface area contributed by atoms with E-state index in [4.69, 9.17) is 23.2 Å². The SMILES string of the molecule is CNC(=O)C(Cc1ccccc1)N(Cc1ccc(Cl)cc1Cl)C(=O)CCCN(c1cccc(C)c1)S(C)(=O)=O. The highest BCUT2D eigenvalue weighted by molar-refractivity contribution is 7.92. The number of carbonyl (C=O) groups excluding carboxylic acids is 2. The Kier molecular flexibility index (Phi) is 10.8. The van der Waals surface area contributed by atoms with Crippen LogP contribution in [-0.4, -0.2) is 51.0 Å². The molecule has 0 radical (unpaired) electrons. The van der Waals surface area contributed by atoms with E-state index in [1.54, 1.807) is 36.4 Å². The Morgan fingerprint density at radius 1 is 0.974 bits per heavy atom. The Balaban J connectivity index is 1.87. The van der Waals surface area contributed by atoms with Gasteiger partial charge in [0.2, 0.25) is 21.8 Å². The summed E-state index contributed by atoms with van der Waals surface area (Å²) in [6.45, 7) is 2.10. The normalized spacial score (nSPS) is 12.0. The lowest BCUT2D eigenvalue weighted by Gasteiger charge is -2.32. The van der Waals surface area contributed by atoms with Crippen LogP contribution >= 0.6 is 23.2 Å². The molecular formula is C29H33Cl2N3O4S. The van der Waals surface area contributed by atoms with Crippen molar-refractivity contribution in [3.8, 4) is 0 Å². The fourth-order valence-electron chi connectivity index (χ4n) is 4.34. The summed E-state index contributed by atoms with van der Waals surface area (Å²) in [5, 5.41) is 3.53. The van der Waals surface area contributed by atoms with Gasteiger partial charge in [-0.05, 0) is 54.3 Å². The molecule has 0 heterocycles. The number of sulfonamides is 1. The maximum absolute atomic E-state index is 13.7. The number of likely N-dealkylation sites (N-methyl/N-ethyl adjacent to an activating group) is 1. The van der Waals surface area contributed by atoms with Crippen molar-refractivity contribution < 1.29 is 18.0 Å². The minimum absolute atomic E-state index is 0.0331. The minimum atomic E-state index is -3.57. The highest BCUT2D eigenvalue weighted by atomic mass is 35.5. The molecule has 0 aliphatic carbocycles. The highest BCUT2D eigenvalue weighted by Crippen LogP contribution is 2.25. The molecule has 0 saturated heterocycles. The number of anilines is 1. The first-order valence-corrected chi connectivity index (χ1v) is 15.1. The number of carbonyl (C=O) groups is 2. The first-order valence-electron chi connectivity index (χ1n) is 12.5. The number of nitrogens with one attached hydrogen (secondary N) is 1. The summed E-state index contributed by atoms with van der Waals surface area (Å²) in [4.78, 5) is 28.3. The van der Waals surface area contributed by atoms with Crippen molar-refractivity contribution >= 4 is 50.7 Å². The zero-order valence-corrected chi connectivity index (χ0v) is 24.6. The molecule has 0 bridgehead atoms. The van der Waals surface area contributed by atoms with Gasteiger partial charge in [0.05, 0.1) is 11.9 Å². The number of benzene rings is 3. The molecule has 10 heteroatoms. The zero-order chi connectivity index (χ0) is 28.6. The molecule has 0 aliphatic rings. The third kappa shape index (κ3) is 8.71. The molecule has 7 nitrogen and oxygen atoms in total. The number of aryl methyl sites for hydroxylation is 1. The predicted octanol–water partition coefficient (Wildman–Crippen LogP) is 5.23. The highest BCUT2D eigenvalue weighted by Gasteiger charge is 2.30. The summed E-state index contributed by atoms with van der Waals surface area (Å²) in [7, 11) is -2.04. The maximum atomic E-state index is 13.7. The van der Waals surface area contributed by atoms with E-state index in [0.29, 0.717) is 27.7 Å². The van der Waals surface area contributed by atoms with Gasteiger partial charge in [-0.25, -0.2) is 8.42 Å². The van der Waals surface area contributed by atoms with Crippen LogP contribution in [0.1, 0.15) is 29.5 Å². The second-order valence-electron chi connectivity index (χ2n) is 9.35. The largest absolute Gasteiger partial charge is 0.357 e. The van der Waals surface area contributed by atoms with Crippen molar-refractivity contribution in [3.63, 3.8) is 0 Å². The predicted molar refractivity (Wildman–Crippen MR) is 158 cm³/mol. The van der Waals surface area contributed by atoms with Crippen LogP contribution in [0.15, 0.2) is 72.8 Å². The van der Waals surface area contributed by atoms with E-state index in [0.717, 1.165) is 17.4 Å². The molecule has 39 heavy (non-hydrogen) atoms. The van der Waals surface area contributed by atoms with E-state index in [1.165, 1.54) is 16.3 Å². The van der Waals surface area contributed by atoms with Gasteiger partial charge in [0, 0.05) is 43.0 Å². The van der Waals surface area contributed by atoms with Gasteiger partial charge in [-0.1, -0.05) is 71.7 Å². The van der Waals surface area contributed by atoms with Gasteiger partial charge in [-0.3, -0.25) is 13.9 Å². The number of hydrogen-bond donors (Lipinski definition) is 1. The average Bonchev–Trinajstić information content (AvgIpc) is 2.89. The summed E-state index contributed by atoms with van der Waals surface area (Å²) in [5.41, 5.74) is 3.02. The van der Waals surface area contributed by atoms with Gasteiger partial charge in [0.1, 0.15) is 6.04 Å². The molecule has 0 spiro atoms. The molecule has 3 aromatic carbocycles. The summed E-state index contributed by atoms with van der Waals surface area (Å²) < 4.78 is 26.4. The number of amides is 2. The van der Waals surface area contributed by atoms with E-state index in [-0.39, 0.29) is 37.7 Å². The average molecular weight is 591 g/mol. The molecule has 1 atom stereocenters. The van der Waals surface area contributed by atoms with Gasteiger partial charge in [-0.15, -0.1) is 0 Å². The van der Waals surface area contributed by atoms with E-state index in [1.807, 2.05) is 43.3 Å². The Bertz CT molecular complexity index is 1400. The van der Waals surface area contributed by atoms with E-state index >= 15 is 0 Å². The number of nitrogens with zero attached hydrogens (tertiary/aromatic N) is 2. The Labute approximate surface area is 240 Å². The van der Waals surface area contributed by atoms with Crippen LogP contribution in [0.4, 0.5) is 5.69 Å². The van der Waals surface area contributed by atoms with Crippen LogP contribution in [-0.2, 0) is 32.6 Å². The molecule has 0 aromatic heterocycles. The van der Waals surface area contributed by atoms with Crippen molar-refractivity contribution in [2.75, 3.05) is 24.2 Å². The molecule has 1 N–H and O–H groups in total. The number of halogens is 2. The third-order valence-electron chi connectivity index (χ3n) is 6.32.